The Labute approximate surface area is 86.6 Å². The van der Waals surface area contributed by atoms with Crippen LogP contribution in [0, 0.1) is 0 Å². The van der Waals surface area contributed by atoms with E-state index in [9.17, 15) is 0 Å². The van der Waals surface area contributed by atoms with Gasteiger partial charge in [-0.15, -0.1) is 0 Å². The first-order valence-electron chi connectivity index (χ1n) is 4.08. The van der Waals surface area contributed by atoms with E-state index in [0.29, 0.717) is 6.54 Å². The molecular weight excluding hydrogens is 202 g/mol. The molecule has 2 N–H and O–H groups in total. The molecule has 0 spiro atoms. The number of nitrogens with two attached hydrogens (primary N) is 1. The molecule has 72 valence electrons. The number of hydrogen-bond donors (Lipinski definition) is 1. The second kappa shape index (κ2) is 5.36. The molecule has 0 amide bonds. The highest BCUT2D eigenvalue weighted by atomic mass is 32.2. The molecule has 0 unspecified atom stereocenters. The number of aromatic nitrogens is 2. The van der Waals surface area contributed by atoms with Crippen molar-refractivity contribution in [1.29, 1.82) is 0 Å². The molecule has 0 saturated carbocycles. The predicted octanol–water partition coefficient (Wildman–Crippen LogP) is 1.71. The molecule has 0 atom stereocenters. The van der Waals surface area contributed by atoms with E-state index in [2.05, 4.69) is 22.9 Å². The lowest BCUT2D eigenvalue weighted by Crippen LogP contribution is -2.03. The Morgan fingerprint density at radius 1 is 1.69 bits per heavy atom. The third-order valence-corrected chi connectivity index (χ3v) is 3.47. The Kier molecular flexibility index (Phi) is 4.41. The summed E-state index contributed by atoms with van der Waals surface area (Å²) < 4.78 is 5.19. The minimum atomic E-state index is 0.548. The highest BCUT2D eigenvalue weighted by Gasteiger charge is 2.02. The van der Waals surface area contributed by atoms with E-state index >= 15 is 0 Å². The van der Waals surface area contributed by atoms with E-state index in [1.165, 1.54) is 11.5 Å². The molecule has 0 saturated heterocycles. The van der Waals surface area contributed by atoms with Crippen molar-refractivity contribution >= 4 is 23.3 Å². The fourth-order valence-electron chi connectivity index (χ4n) is 0.663. The summed E-state index contributed by atoms with van der Waals surface area (Å²) >= 11 is 3.10. The number of hydrogen-bond acceptors (Lipinski definition) is 5. The van der Waals surface area contributed by atoms with Crippen LogP contribution in [0.5, 0.6) is 0 Å². The second-order valence-electron chi connectivity index (χ2n) is 2.57. The number of rotatable bonds is 5. The average molecular weight is 215 g/mol. The van der Waals surface area contributed by atoms with Crippen LogP contribution in [-0.4, -0.2) is 21.7 Å². The van der Waals surface area contributed by atoms with Crippen molar-refractivity contribution in [3.05, 3.63) is 18.0 Å². The zero-order valence-electron chi connectivity index (χ0n) is 7.62. The van der Waals surface area contributed by atoms with Crippen LogP contribution in [0.4, 0.5) is 0 Å². The van der Waals surface area contributed by atoms with Crippen LogP contribution in [0.25, 0.3) is 0 Å². The van der Waals surface area contributed by atoms with E-state index in [1.807, 2.05) is 0 Å². The highest BCUT2D eigenvalue weighted by molar-refractivity contribution is 8.01. The molecule has 0 aliphatic carbocycles. The molecule has 13 heavy (non-hydrogen) atoms. The molecular formula is C8H13N3S2. The highest BCUT2D eigenvalue weighted by Crippen LogP contribution is 2.21. The molecule has 0 aliphatic rings. The van der Waals surface area contributed by atoms with Gasteiger partial charge in [0.25, 0.3) is 0 Å². The maximum absolute atomic E-state index is 5.42. The second-order valence-corrected chi connectivity index (χ2v) is 4.55. The first-order valence-corrected chi connectivity index (χ1v) is 5.84. The molecule has 3 nitrogen and oxygen atoms in total. The Balaban J connectivity index is 2.41. The molecule has 1 aromatic rings. The summed E-state index contributed by atoms with van der Waals surface area (Å²) in [6, 6.07) is 0. The van der Waals surface area contributed by atoms with Gasteiger partial charge < -0.3 is 5.73 Å². The van der Waals surface area contributed by atoms with Crippen molar-refractivity contribution in [3.63, 3.8) is 0 Å². The Morgan fingerprint density at radius 2 is 2.46 bits per heavy atom. The first kappa shape index (κ1) is 10.7. The van der Waals surface area contributed by atoms with Crippen molar-refractivity contribution in [1.82, 2.24) is 9.36 Å². The molecule has 1 aromatic heterocycles. The lowest BCUT2D eigenvalue weighted by atomic mass is 10.4. The Morgan fingerprint density at radius 3 is 3.00 bits per heavy atom. The lowest BCUT2D eigenvalue weighted by Gasteiger charge is -1.97. The quantitative estimate of drug-likeness (QED) is 0.600. The van der Waals surface area contributed by atoms with Gasteiger partial charge >= 0.3 is 0 Å². The van der Waals surface area contributed by atoms with Gasteiger partial charge in [-0.2, -0.15) is 4.37 Å². The van der Waals surface area contributed by atoms with Crippen molar-refractivity contribution in [2.75, 3.05) is 12.3 Å². The summed E-state index contributed by atoms with van der Waals surface area (Å²) in [6.45, 7) is 6.42. The molecule has 0 aromatic carbocycles. The first-order chi connectivity index (χ1) is 6.26. The average Bonchev–Trinajstić information content (AvgIpc) is 2.61. The largest absolute Gasteiger partial charge is 0.327 e. The van der Waals surface area contributed by atoms with Gasteiger partial charge in [0.1, 0.15) is 5.82 Å². The van der Waals surface area contributed by atoms with Crippen LogP contribution in [0.15, 0.2) is 16.5 Å². The summed E-state index contributed by atoms with van der Waals surface area (Å²) in [6.07, 6.45) is 0.898. The zero-order valence-corrected chi connectivity index (χ0v) is 9.25. The number of aryl methyl sites for hydroxylation is 1. The van der Waals surface area contributed by atoms with E-state index in [4.69, 9.17) is 5.73 Å². The van der Waals surface area contributed by atoms with Gasteiger partial charge in [-0.05, 0) is 11.5 Å². The fourth-order valence-corrected chi connectivity index (χ4v) is 2.28. The third kappa shape index (κ3) is 3.46. The molecule has 5 heteroatoms. The van der Waals surface area contributed by atoms with Gasteiger partial charge in [0.05, 0.1) is 0 Å². The Hall–Kier alpha value is -0.390. The normalized spacial score (nSPS) is 10.3. The predicted molar refractivity (Wildman–Crippen MR) is 58.2 cm³/mol. The van der Waals surface area contributed by atoms with Gasteiger partial charge in [-0.3, -0.25) is 0 Å². The van der Waals surface area contributed by atoms with Gasteiger partial charge in [0.15, 0.2) is 4.34 Å². The lowest BCUT2D eigenvalue weighted by molar-refractivity contribution is 0.971. The van der Waals surface area contributed by atoms with Gasteiger partial charge in [0.2, 0.25) is 0 Å². The molecule has 1 rings (SSSR count). The number of nitrogens with zero attached hydrogens (tertiary/aromatic N) is 2. The number of thioether (sulfide) groups is 1. The summed E-state index contributed by atoms with van der Waals surface area (Å²) in [4.78, 5) is 4.32. The molecule has 1 heterocycles. The summed E-state index contributed by atoms with van der Waals surface area (Å²) in [5.74, 6) is 1.76. The van der Waals surface area contributed by atoms with E-state index in [0.717, 1.165) is 27.9 Å². The minimum absolute atomic E-state index is 0.548. The van der Waals surface area contributed by atoms with Crippen LogP contribution in [0.3, 0.4) is 0 Å². The van der Waals surface area contributed by atoms with Crippen molar-refractivity contribution in [2.45, 2.75) is 17.7 Å². The standard InChI is InChI=1S/C8H13N3S2/c1-3-7-10-8(13-11-7)12-5-6(2)4-9/h2-5,9H2,1H3. The van der Waals surface area contributed by atoms with E-state index in [-0.39, 0.29) is 0 Å². The smallest absolute Gasteiger partial charge is 0.170 e. The third-order valence-electron chi connectivity index (χ3n) is 1.45. The van der Waals surface area contributed by atoms with Crippen LogP contribution in [0.1, 0.15) is 12.7 Å². The fraction of sp³-hybridized carbons (Fsp3) is 0.500. The maximum Gasteiger partial charge on any atom is 0.170 e. The van der Waals surface area contributed by atoms with E-state index < -0.39 is 0 Å². The van der Waals surface area contributed by atoms with Crippen LogP contribution in [-0.2, 0) is 6.42 Å². The molecule has 0 radical (unpaired) electrons. The van der Waals surface area contributed by atoms with Crippen molar-refractivity contribution in [2.24, 2.45) is 5.73 Å². The zero-order chi connectivity index (χ0) is 9.68. The SMILES string of the molecule is C=C(CN)CSc1nc(CC)ns1. The van der Waals surface area contributed by atoms with Gasteiger partial charge in [-0.1, -0.05) is 30.8 Å². The maximum atomic E-state index is 5.42. The summed E-state index contributed by atoms with van der Waals surface area (Å²) in [5.41, 5.74) is 6.46. The Bertz CT molecular complexity index is 283. The van der Waals surface area contributed by atoms with Gasteiger partial charge in [0, 0.05) is 18.7 Å². The molecule has 0 bridgehead atoms. The monoisotopic (exact) mass is 215 g/mol. The topological polar surface area (TPSA) is 51.8 Å². The van der Waals surface area contributed by atoms with Crippen molar-refractivity contribution < 1.29 is 0 Å². The molecule has 0 aliphatic heterocycles. The summed E-state index contributed by atoms with van der Waals surface area (Å²) in [5, 5.41) is 0. The van der Waals surface area contributed by atoms with Crippen LogP contribution >= 0.6 is 23.3 Å². The van der Waals surface area contributed by atoms with Crippen LogP contribution < -0.4 is 5.73 Å². The molecule has 0 fully saturated rings. The van der Waals surface area contributed by atoms with Gasteiger partial charge in [-0.25, -0.2) is 4.98 Å². The van der Waals surface area contributed by atoms with E-state index in [1.54, 1.807) is 11.8 Å². The van der Waals surface area contributed by atoms with Crippen LogP contribution in [0.2, 0.25) is 0 Å². The summed E-state index contributed by atoms with van der Waals surface area (Å²) in [7, 11) is 0. The van der Waals surface area contributed by atoms with Crippen molar-refractivity contribution in [3.8, 4) is 0 Å². The minimum Gasteiger partial charge on any atom is -0.327 e.